The molecule has 0 saturated carbocycles. The van der Waals surface area contributed by atoms with Gasteiger partial charge in [-0.1, -0.05) is 61.0 Å². The lowest BCUT2D eigenvalue weighted by molar-refractivity contribution is 0.109. The Balaban J connectivity index is 2.08. The van der Waals surface area contributed by atoms with Crippen LogP contribution in [0.4, 0.5) is 0 Å². The lowest BCUT2D eigenvalue weighted by atomic mass is 10.0. The van der Waals surface area contributed by atoms with Crippen LogP contribution in [0.3, 0.4) is 0 Å². The van der Waals surface area contributed by atoms with Crippen LogP contribution < -0.4 is 0 Å². The zero-order chi connectivity index (χ0) is 15.9. The number of aliphatic hydroxyl groups is 1. The summed E-state index contributed by atoms with van der Waals surface area (Å²) in [6.45, 7) is 9.04. The highest BCUT2D eigenvalue weighted by Crippen LogP contribution is 2.18. The molecule has 0 aliphatic rings. The highest BCUT2D eigenvalue weighted by molar-refractivity contribution is 5.30. The molecule has 1 unspecified atom stereocenters. The number of hydrogen-bond donors (Lipinski definition) is 1. The molecule has 0 radical (unpaired) electrons. The van der Waals surface area contributed by atoms with Gasteiger partial charge in [-0.3, -0.25) is 4.90 Å². The summed E-state index contributed by atoms with van der Waals surface area (Å²) in [5, 5.41) is 10.5. The zero-order valence-electron chi connectivity index (χ0n) is 13.9. The van der Waals surface area contributed by atoms with Gasteiger partial charge in [-0.25, -0.2) is 0 Å². The number of aryl methyl sites for hydroxylation is 2. The maximum Gasteiger partial charge on any atom is 0.0917 e. The second kappa shape index (κ2) is 8.11. The molecule has 1 N–H and O–H groups in total. The van der Waals surface area contributed by atoms with Gasteiger partial charge in [-0.05, 0) is 43.5 Å². The number of hydrogen-bond acceptors (Lipinski definition) is 2. The molecular formula is C20H27NO. The van der Waals surface area contributed by atoms with Crippen molar-refractivity contribution in [3.63, 3.8) is 0 Å². The fourth-order valence-electron chi connectivity index (χ4n) is 2.79. The third kappa shape index (κ3) is 4.69. The van der Waals surface area contributed by atoms with E-state index in [0.29, 0.717) is 6.54 Å². The van der Waals surface area contributed by atoms with E-state index in [1.165, 1.54) is 16.7 Å². The Morgan fingerprint density at radius 3 is 2.45 bits per heavy atom. The van der Waals surface area contributed by atoms with E-state index in [0.717, 1.165) is 25.1 Å². The molecule has 0 bridgehead atoms. The Morgan fingerprint density at radius 2 is 1.77 bits per heavy atom. The molecule has 1 atom stereocenters. The smallest absolute Gasteiger partial charge is 0.0917 e. The SMILES string of the molecule is CCCN(Cc1cc(C)ccc1C)CC(O)c1ccccc1. The largest absolute Gasteiger partial charge is 0.387 e. The van der Waals surface area contributed by atoms with Crippen molar-refractivity contribution in [2.75, 3.05) is 13.1 Å². The van der Waals surface area contributed by atoms with Gasteiger partial charge in [-0.2, -0.15) is 0 Å². The van der Waals surface area contributed by atoms with Crippen molar-refractivity contribution in [3.05, 3.63) is 70.8 Å². The van der Waals surface area contributed by atoms with Gasteiger partial charge >= 0.3 is 0 Å². The van der Waals surface area contributed by atoms with Gasteiger partial charge < -0.3 is 5.11 Å². The fraction of sp³-hybridized carbons (Fsp3) is 0.400. The monoisotopic (exact) mass is 297 g/mol. The maximum absolute atomic E-state index is 10.5. The minimum absolute atomic E-state index is 0.433. The molecule has 2 rings (SSSR count). The predicted octanol–water partition coefficient (Wildman–Crippen LogP) is 4.25. The summed E-state index contributed by atoms with van der Waals surface area (Å²) < 4.78 is 0. The van der Waals surface area contributed by atoms with E-state index in [2.05, 4.69) is 43.9 Å². The summed E-state index contributed by atoms with van der Waals surface area (Å²) >= 11 is 0. The maximum atomic E-state index is 10.5. The lowest BCUT2D eigenvalue weighted by Gasteiger charge is -2.26. The first-order valence-corrected chi connectivity index (χ1v) is 8.11. The van der Waals surface area contributed by atoms with E-state index in [9.17, 15) is 5.11 Å². The van der Waals surface area contributed by atoms with E-state index < -0.39 is 6.10 Å². The van der Waals surface area contributed by atoms with Gasteiger partial charge in [0.2, 0.25) is 0 Å². The van der Waals surface area contributed by atoms with Crippen LogP contribution in [0.15, 0.2) is 48.5 Å². The van der Waals surface area contributed by atoms with Crippen LogP contribution in [-0.4, -0.2) is 23.1 Å². The van der Waals surface area contributed by atoms with Crippen molar-refractivity contribution in [1.82, 2.24) is 4.90 Å². The molecule has 2 nitrogen and oxygen atoms in total. The number of nitrogens with zero attached hydrogens (tertiary/aromatic N) is 1. The molecule has 0 heterocycles. The van der Waals surface area contributed by atoms with Crippen LogP contribution in [0.1, 0.15) is 41.7 Å². The molecule has 2 aromatic rings. The summed E-state index contributed by atoms with van der Waals surface area (Å²) in [7, 11) is 0. The molecule has 0 spiro atoms. The van der Waals surface area contributed by atoms with Crippen LogP contribution in [0.25, 0.3) is 0 Å². The summed E-state index contributed by atoms with van der Waals surface area (Å²) in [6, 6.07) is 16.5. The summed E-state index contributed by atoms with van der Waals surface area (Å²) in [6.07, 6.45) is 0.657. The first-order chi connectivity index (χ1) is 10.6. The molecule has 0 aliphatic carbocycles. The van der Waals surface area contributed by atoms with Crippen LogP contribution in [-0.2, 0) is 6.54 Å². The molecule has 0 saturated heterocycles. The van der Waals surface area contributed by atoms with E-state index in [1.54, 1.807) is 0 Å². The van der Waals surface area contributed by atoms with Gasteiger partial charge in [0.25, 0.3) is 0 Å². The summed E-state index contributed by atoms with van der Waals surface area (Å²) in [5.74, 6) is 0. The lowest BCUT2D eigenvalue weighted by Crippen LogP contribution is -2.29. The molecule has 118 valence electrons. The molecule has 2 aromatic carbocycles. The van der Waals surface area contributed by atoms with Gasteiger partial charge in [0.05, 0.1) is 6.10 Å². The Kier molecular flexibility index (Phi) is 6.17. The van der Waals surface area contributed by atoms with E-state index in [-0.39, 0.29) is 0 Å². The van der Waals surface area contributed by atoms with E-state index >= 15 is 0 Å². The van der Waals surface area contributed by atoms with Crippen LogP contribution >= 0.6 is 0 Å². The van der Waals surface area contributed by atoms with Crippen molar-refractivity contribution in [2.24, 2.45) is 0 Å². The Bertz CT molecular complexity index is 580. The minimum atomic E-state index is -0.433. The number of benzene rings is 2. The third-order valence-corrected chi connectivity index (χ3v) is 4.05. The van der Waals surface area contributed by atoms with E-state index in [1.807, 2.05) is 30.3 Å². The molecule has 2 heteroatoms. The van der Waals surface area contributed by atoms with Gasteiger partial charge in [0.15, 0.2) is 0 Å². The van der Waals surface area contributed by atoms with Gasteiger partial charge in [0, 0.05) is 13.1 Å². The Hall–Kier alpha value is -1.64. The molecule has 0 amide bonds. The quantitative estimate of drug-likeness (QED) is 0.826. The molecule has 22 heavy (non-hydrogen) atoms. The summed E-state index contributed by atoms with van der Waals surface area (Å²) in [4.78, 5) is 2.35. The van der Waals surface area contributed by atoms with Gasteiger partial charge in [-0.15, -0.1) is 0 Å². The van der Waals surface area contributed by atoms with Crippen molar-refractivity contribution in [3.8, 4) is 0 Å². The van der Waals surface area contributed by atoms with Crippen LogP contribution in [0.5, 0.6) is 0 Å². The fourth-order valence-corrected chi connectivity index (χ4v) is 2.79. The average molecular weight is 297 g/mol. The Labute approximate surface area is 134 Å². The van der Waals surface area contributed by atoms with Crippen LogP contribution in [0, 0.1) is 13.8 Å². The number of rotatable bonds is 7. The van der Waals surface area contributed by atoms with Crippen LogP contribution in [0.2, 0.25) is 0 Å². The topological polar surface area (TPSA) is 23.5 Å². The summed E-state index contributed by atoms with van der Waals surface area (Å²) in [5.41, 5.74) is 4.96. The Morgan fingerprint density at radius 1 is 1.05 bits per heavy atom. The van der Waals surface area contributed by atoms with Crippen molar-refractivity contribution < 1.29 is 5.11 Å². The first-order valence-electron chi connectivity index (χ1n) is 8.11. The van der Waals surface area contributed by atoms with Crippen molar-refractivity contribution >= 4 is 0 Å². The highest BCUT2D eigenvalue weighted by atomic mass is 16.3. The standard InChI is InChI=1S/C20H27NO/c1-4-12-21(14-19-13-16(2)10-11-17(19)3)15-20(22)18-8-6-5-7-9-18/h5-11,13,20,22H,4,12,14-15H2,1-3H3. The molecular weight excluding hydrogens is 270 g/mol. The molecule has 0 fully saturated rings. The normalized spacial score (nSPS) is 12.6. The minimum Gasteiger partial charge on any atom is -0.387 e. The highest BCUT2D eigenvalue weighted by Gasteiger charge is 2.14. The predicted molar refractivity (Wildman–Crippen MR) is 92.9 cm³/mol. The third-order valence-electron chi connectivity index (χ3n) is 4.05. The second-order valence-corrected chi connectivity index (χ2v) is 6.09. The van der Waals surface area contributed by atoms with Gasteiger partial charge in [0.1, 0.15) is 0 Å². The van der Waals surface area contributed by atoms with Crippen molar-refractivity contribution in [1.29, 1.82) is 0 Å². The molecule has 0 aliphatic heterocycles. The first kappa shape index (κ1) is 16.7. The van der Waals surface area contributed by atoms with E-state index in [4.69, 9.17) is 0 Å². The second-order valence-electron chi connectivity index (χ2n) is 6.09. The number of aliphatic hydroxyl groups excluding tert-OH is 1. The van der Waals surface area contributed by atoms with Crippen molar-refractivity contribution in [2.45, 2.75) is 39.8 Å². The zero-order valence-corrected chi connectivity index (χ0v) is 13.9. The molecule has 0 aromatic heterocycles. The average Bonchev–Trinajstić information content (AvgIpc) is 2.52.